The zero-order chi connectivity index (χ0) is 12.9. The molecule has 0 aliphatic heterocycles. The lowest BCUT2D eigenvalue weighted by Crippen LogP contribution is -2.19. The van der Waals surface area contributed by atoms with Gasteiger partial charge in [-0.25, -0.2) is 0 Å². The van der Waals surface area contributed by atoms with E-state index in [1.165, 1.54) is 22.3 Å². The molecule has 3 rings (SSSR count). The number of benzene rings is 2. The number of hydrogen-bond acceptors (Lipinski definition) is 0. The molecule has 0 heterocycles. The second kappa shape index (κ2) is 4.21. The predicted molar refractivity (Wildman–Crippen MR) is 84.0 cm³/mol. The minimum absolute atomic E-state index is 0.123. The van der Waals surface area contributed by atoms with Crippen molar-refractivity contribution in [1.82, 2.24) is 0 Å². The Balaban J connectivity index is 2.37. The van der Waals surface area contributed by atoms with Crippen molar-refractivity contribution in [2.45, 2.75) is 25.7 Å². The Labute approximate surface area is 125 Å². The van der Waals surface area contributed by atoms with Gasteiger partial charge in [0.25, 0.3) is 0 Å². The minimum atomic E-state index is 0.123. The standard InChI is InChI=1S/C16H14Br2/c1-3-16(2)14-8-10(17)4-6-12(14)13-7-5-11(18)9-15(13)16/h4-9H,3H2,1-2H3. The first-order valence-electron chi connectivity index (χ1n) is 6.16. The average Bonchev–Trinajstić information content (AvgIpc) is 2.60. The lowest BCUT2D eigenvalue weighted by molar-refractivity contribution is 0.564. The van der Waals surface area contributed by atoms with Gasteiger partial charge in [-0.15, -0.1) is 0 Å². The number of halogens is 2. The molecule has 0 spiro atoms. The SMILES string of the molecule is CCC1(C)c2cc(Br)ccc2-c2ccc(Br)cc21. The summed E-state index contributed by atoms with van der Waals surface area (Å²) in [4.78, 5) is 0. The van der Waals surface area contributed by atoms with E-state index < -0.39 is 0 Å². The first kappa shape index (κ1) is 12.4. The van der Waals surface area contributed by atoms with Crippen LogP contribution in [0.3, 0.4) is 0 Å². The summed E-state index contributed by atoms with van der Waals surface area (Å²) in [6, 6.07) is 13.3. The van der Waals surface area contributed by atoms with Gasteiger partial charge in [0.2, 0.25) is 0 Å². The van der Waals surface area contributed by atoms with E-state index in [1.807, 2.05) is 0 Å². The van der Waals surface area contributed by atoms with E-state index >= 15 is 0 Å². The maximum Gasteiger partial charge on any atom is 0.0185 e. The van der Waals surface area contributed by atoms with E-state index in [1.54, 1.807) is 0 Å². The van der Waals surface area contributed by atoms with E-state index in [-0.39, 0.29) is 5.41 Å². The molecule has 0 atom stereocenters. The molecule has 0 aromatic heterocycles. The van der Waals surface area contributed by atoms with Crippen molar-refractivity contribution in [2.75, 3.05) is 0 Å². The van der Waals surface area contributed by atoms with Crippen LogP contribution in [0.4, 0.5) is 0 Å². The zero-order valence-corrected chi connectivity index (χ0v) is 13.6. The van der Waals surface area contributed by atoms with Gasteiger partial charge in [0, 0.05) is 14.4 Å². The molecular formula is C16H14Br2. The molecule has 18 heavy (non-hydrogen) atoms. The van der Waals surface area contributed by atoms with Crippen LogP contribution in [0.2, 0.25) is 0 Å². The van der Waals surface area contributed by atoms with Crippen LogP contribution in [0.15, 0.2) is 45.3 Å². The molecule has 0 saturated carbocycles. The topological polar surface area (TPSA) is 0 Å². The summed E-state index contributed by atoms with van der Waals surface area (Å²) in [5.41, 5.74) is 5.76. The van der Waals surface area contributed by atoms with Crippen molar-refractivity contribution >= 4 is 31.9 Å². The highest BCUT2D eigenvalue weighted by Gasteiger charge is 2.37. The smallest absolute Gasteiger partial charge is 0.0185 e. The Hall–Kier alpha value is -0.600. The first-order chi connectivity index (χ1) is 8.56. The van der Waals surface area contributed by atoms with Gasteiger partial charge in [0.05, 0.1) is 0 Å². The second-order valence-corrected chi connectivity index (χ2v) is 6.90. The third-order valence-electron chi connectivity index (χ3n) is 4.15. The van der Waals surface area contributed by atoms with Crippen LogP contribution < -0.4 is 0 Å². The van der Waals surface area contributed by atoms with E-state index in [9.17, 15) is 0 Å². The maximum absolute atomic E-state index is 3.60. The van der Waals surface area contributed by atoms with Crippen LogP contribution in [0, 0.1) is 0 Å². The van der Waals surface area contributed by atoms with Crippen LogP contribution in [0.5, 0.6) is 0 Å². The summed E-state index contributed by atoms with van der Waals surface area (Å²) in [6.45, 7) is 4.61. The highest BCUT2D eigenvalue weighted by Crippen LogP contribution is 2.51. The van der Waals surface area contributed by atoms with Crippen molar-refractivity contribution in [1.29, 1.82) is 0 Å². The van der Waals surface area contributed by atoms with Crippen molar-refractivity contribution in [3.05, 3.63) is 56.5 Å². The van der Waals surface area contributed by atoms with Crippen molar-refractivity contribution < 1.29 is 0 Å². The van der Waals surface area contributed by atoms with Crippen molar-refractivity contribution in [3.63, 3.8) is 0 Å². The quantitative estimate of drug-likeness (QED) is 0.589. The van der Waals surface area contributed by atoms with E-state index in [4.69, 9.17) is 0 Å². The van der Waals surface area contributed by atoms with E-state index in [0.717, 1.165) is 15.4 Å². The molecule has 92 valence electrons. The Kier molecular flexibility index (Phi) is 2.91. The Morgan fingerprint density at radius 2 is 1.33 bits per heavy atom. The number of fused-ring (bicyclic) bond motifs is 3. The average molecular weight is 366 g/mol. The molecule has 0 N–H and O–H groups in total. The monoisotopic (exact) mass is 364 g/mol. The summed E-state index contributed by atoms with van der Waals surface area (Å²) < 4.78 is 2.32. The third kappa shape index (κ3) is 1.62. The fourth-order valence-corrected chi connectivity index (χ4v) is 3.66. The highest BCUT2D eigenvalue weighted by atomic mass is 79.9. The van der Waals surface area contributed by atoms with Crippen LogP contribution in [0.25, 0.3) is 11.1 Å². The third-order valence-corrected chi connectivity index (χ3v) is 5.14. The summed E-state index contributed by atoms with van der Waals surface area (Å²) >= 11 is 7.19. The Morgan fingerprint density at radius 1 is 0.889 bits per heavy atom. The molecule has 0 fully saturated rings. The van der Waals surface area contributed by atoms with Gasteiger partial charge in [-0.3, -0.25) is 0 Å². The van der Waals surface area contributed by atoms with Crippen molar-refractivity contribution in [2.24, 2.45) is 0 Å². The fourth-order valence-electron chi connectivity index (χ4n) is 2.94. The fraction of sp³-hybridized carbons (Fsp3) is 0.250. The highest BCUT2D eigenvalue weighted by molar-refractivity contribution is 9.10. The molecular weight excluding hydrogens is 352 g/mol. The van der Waals surface area contributed by atoms with Gasteiger partial charge in [0.1, 0.15) is 0 Å². The van der Waals surface area contributed by atoms with E-state index in [0.29, 0.717) is 0 Å². The molecule has 0 saturated heterocycles. The number of hydrogen-bond donors (Lipinski definition) is 0. The van der Waals surface area contributed by atoms with Crippen LogP contribution in [0.1, 0.15) is 31.4 Å². The lowest BCUT2D eigenvalue weighted by atomic mass is 9.78. The summed E-state index contributed by atoms with van der Waals surface area (Å²) in [5, 5.41) is 0. The Bertz CT molecular complexity index is 577. The second-order valence-electron chi connectivity index (χ2n) is 5.07. The largest absolute Gasteiger partial charge is 0.0642 e. The normalized spacial score (nSPS) is 15.3. The van der Waals surface area contributed by atoms with Gasteiger partial charge in [0.15, 0.2) is 0 Å². The number of rotatable bonds is 1. The van der Waals surface area contributed by atoms with E-state index in [2.05, 4.69) is 82.1 Å². The van der Waals surface area contributed by atoms with Gasteiger partial charge in [-0.2, -0.15) is 0 Å². The molecule has 0 unspecified atom stereocenters. The maximum atomic E-state index is 3.60. The molecule has 0 radical (unpaired) electrons. The van der Waals surface area contributed by atoms with Crippen LogP contribution in [-0.4, -0.2) is 0 Å². The van der Waals surface area contributed by atoms with Gasteiger partial charge < -0.3 is 0 Å². The van der Waals surface area contributed by atoms with Gasteiger partial charge >= 0.3 is 0 Å². The summed E-state index contributed by atoms with van der Waals surface area (Å²) in [5.74, 6) is 0. The van der Waals surface area contributed by atoms with Gasteiger partial charge in [-0.05, 0) is 52.9 Å². The summed E-state index contributed by atoms with van der Waals surface area (Å²) in [6.07, 6.45) is 1.11. The zero-order valence-electron chi connectivity index (χ0n) is 10.4. The Morgan fingerprint density at radius 3 is 1.72 bits per heavy atom. The van der Waals surface area contributed by atoms with Gasteiger partial charge in [-0.1, -0.05) is 57.8 Å². The molecule has 0 bridgehead atoms. The minimum Gasteiger partial charge on any atom is -0.0642 e. The molecule has 1 aliphatic carbocycles. The van der Waals surface area contributed by atoms with Crippen LogP contribution in [-0.2, 0) is 5.41 Å². The van der Waals surface area contributed by atoms with Crippen molar-refractivity contribution in [3.8, 4) is 11.1 Å². The lowest BCUT2D eigenvalue weighted by Gasteiger charge is -2.25. The molecule has 0 nitrogen and oxygen atoms in total. The first-order valence-corrected chi connectivity index (χ1v) is 7.75. The predicted octanol–water partition coefficient (Wildman–Crippen LogP) is 5.91. The molecule has 1 aliphatic rings. The summed E-state index contributed by atoms with van der Waals surface area (Å²) in [7, 11) is 0. The molecule has 2 aromatic rings. The molecule has 2 aromatic carbocycles. The molecule has 0 amide bonds. The molecule has 2 heteroatoms. The van der Waals surface area contributed by atoms with Crippen LogP contribution >= 0.6 is 31.9 Å².